The van der Waals surface area contributed by atoms with E-state index in [4.69, 9.17) is 11.1 Å². The van der Waals surface area contributed by atoms with Crippen LogP contribution in [0.5, 0.6) is 0 Å². The zero-order valence-corrected chi connectivity index (χ0v) is 42.9. The number of imidazole rings is 1. The summed E-state index contributed by atoms with van der Waals surface area (Å²) in [4.78, 5) is 126. The number of piperazine rings is 1. The van der Waals surface area contributed by atoms with E-state index in [-0.39, 0.29) is 73.8 Å². The van der Waals surface area contributed by atoms with Crippen molar-refractivity contribution in [2.24, 2.45) is 11.7 Å². The number of hydrogen-bond acceptors (Lipinski definition) is 12. The molecule has 2 aliphatic heterocycles. The Morgan fingerprint density at radius 1 is 0.878 bits per heavy atom. The fraction of sp³-hybridized carbons (Fsp3) is 0.510. The minimum absolute atomic E-state index is 0.00996. The molecule has 0 bridgehead atoms. The molecule has 23 nitrogen and oxygen atoms in total. The third kappa shape index (κ3) is 14.4. The van der Waals surface area contributed by atoms with Gasteiger partial charge in [-0.1, -0.05) is 64.3 Å². The maximum absolute atomic E-state index is 14.6. The summed E-state index contributed by atoms with van der Waals surface area (Å²) in [5.74, 6) is -3.59. The van der Waals surface area contributed by atoms with Gasteiger partial charge < -0.3 is 57.3 Å². The molecule has 0 spiro atoms. The third-order valence-electron chi connectivity index (χ3n) is 13.7. The number of H-pyrrole nitrogens is 1. The molecule has 2 aromatic heterocycles. The molecule has 23 heteroatoms. The lowest BCUT2D eigenvalue weighted by Gasteiger charge is -2.38. The first-order valence-corrected chi connectivity index (χ1v) is 25.4. The lowest BCUT2D eigenvalue weighted by Crippen LogP contribution is -2.59. The molecule has 4 heterocycles. The van der Waals surface area contributed by atoms with Crippen LogP contribution < -0.4 is 48.1 Å². The Balaban J connectivity index is 1.15. The Labute approximate surface area is 430 Å². The minimum atomic E-state index is -1.21. The zero-order valence-electron chi connectivity index (χ0n) is 42.9. The predicted octanol–water partition coefficient (Wildman–Crippen LogP) is 0.169. The second-order valence-corrected chi connectivity index (χ2v) is 19.0. The Morgan fingerprint density at radius 3 is 2.26 bits per heavy atom. The summed E-state index contributed by atoms with van der Waals surface area (Å²) in [6.45, 7) is 8.59. The van der Waals surface area contributed by atoms with Crippen LogP contribution in [0.15, 0.2) is 66.1 Å². The van der Waals surface area contributed by atoms with Gasteiger partial charge in [0.15, 0.2) is 5.96 Å². The lowest BCUT2D eigenvalue weighted by molar-refractivity contribution is -0.144. The normalized spacial score (nSPS) is 16.4. The number of nitrogens with one attached hydrogen (secondary N) is 8. The Kier molecular flexibility index (Phi) is 19.6. The maximum Gasteiger partial charge on any atom is 0.261 e. The molecule has 74 heavy (non-hydrogen) atoms. The number of rotatable bonds is 23. The first-order chi connectivity index (χ1) is 35.5. The van der Waals surface area contributed by atoms with Gasteiger partial charge in [-0.3, -0.25) is 48.3 Å². The number of fused-ring (bicyclic) bond motifs is 2. The van der Waals surface area contributed by atoms with Crippen LogP contribution in [-0.4, -0.2) is 147 Å². The monoisotopic (exact) mass is 1020 g/mol. The third-order valence-corrected chi connectivity index (χ3v) is 13.7. The molecule has 0 radical (unpaired) electrons. The van der Waals surface area contributed by atoms with E-state index in [0.29, 0.717) is 55.9 Å². The molecular weight excluding hydrogens is 951 g/mol. The van der Waals surface area contributed by atoms with Crippen LogP contribution in [0, 0.1) is 11.3 Å². The van der Waals surface area contributed by atoms with Gasteiger partial charge >= 0.3 is 0 Å². The fourth-order valence-corrected chi connectivity index (χ4v) is 9.35. The number of nitrogens with two attached hydrogens (primary N) is 1. The average molecular weight is 1020 g/mol. The van der Waals surface area contributed by atoms with E-state index in [1.165, 1.54) is 37.7 Å². The number of aromatic amines is 1. The highest BCUT2D eigenvalue weighted by Crippen LogP contribution is 2.26. The van der Waals surface area contributed by atoms with E-state index in [9.17, 15) is 38.4 Å². The van der Waals surface area contributed by atoms with E-state index in [1.807, 2.05) is 56.0 Å². The molecular formula is C51H71N15O8. The standard InChI is InChI=1S/C51H71N15O8/c1-6-8-14-40(61-47(71)44(31(3)7-2)59-32(4)67)49(73)64-21-19-63(20-22-64)36-16-17-38-37(25-36)48(72)65(30-58-38)28-43(68)60-39(15-11-18-56-51(52)53)45(69)62-41(24-35-26-55-29-57-35)50(74)66-27-34-13-10-9-12-33(34)23-42(66)46(70)54-5/h9-10,12-13,16-17,25-26,29-31,39-42,44H,6-8,11,14-15,18-24,27-28H2,1-5H3,(H,54,70)(H,55,57)(H,59,67)(H,60,68)(H,61,71)(H,62,69)(H4,52,53,56)/t31-,39-,40-,41-,42-,44-/m0/s1. The summed E-state index contributed by atoms with van der Waals surface area (Å²) < 4.78 is 1.14. The summed E-state index contributed by atoms with van der Waals surface area (Å²) >= 11 is 0. The van der Waals surface area contributed by atoms with Crippen LogP contribution in [0.3, 0.4) is 0 Å². The number of guanidine groups is 1. The molecule has 1 fully saturated rings. The van der Waals surface area contributed by atoms with Crippen LogP contribution in [0.1, 0.15) is 83.0 Å². The van der Waals surface area contributed by atoms with Crippen molar-refractivity contribution in [1.82, 2.24) is 61.2 Å². The minimum Gasteiger partial charge on any atom is -0.370 e. The molecule has 1 saturated heterocycles. The molecule has 398 valence electrons. The molecule has 0 saturated carbocycles. The summed E-state index contributed by atoms with van der Waals surface area (Å²) in [6, 6.07) is 7.98. The Hall–Kier alpha value is -7.85. The smallest absolute Gasteiger partial charge is 0.261 e. The first kappa shape index (κ1) is 55.5. The van der Waals surface area contributed by atoms with Gasteiger partial charge in [-0.25, -0.2) is 9.97 Å². The molecule has 7 amide bonds. The van der Waals surface area contributed by atoms with Crippen molar-refractivity contribution < 1.29 is 33.6 Å². The molecule has 0 aliphatic carbocycles. The van der Waals surface area contributed by atoms with E-state index in [2.05, 4.69) is 46.9 Å². The number of aromatic nitrogens is 4. The summed E-state index contributed by atoms with van der Waals surface area (Å²) in [7, 11) is 1.50. The first-order valence-electron chi connectivity index (χ1n) is 25.4. The zero-order chi connectivity index (χ0) is 53.5. The van der Waals surface area contributed by atoms with Crippen LogP contribution in [0.2, 0.25) is 0 Å². The quantitative estimate of drug-likeness (QED) is 0.0272. The van der Waals surface area contributed by atoms with E-state index < -0.39 is 65.9 Å². The van der Waals surface area contributed by atoms with Gasteiger partial charge in [0.2, 0.25) is 41.4 Å². The van der Waals surface area contributed by atoms with Gasteiger partial charge in [0, 0.05) is 83.7 Å². The van der Waals surface area contributed by atoms with Crippen molar-refractivity contribution in [3.63, 3.8) is 0 Å². The van der Waals surface area contributed by atoms with Gasteiger partial charge in [-0.2, -0.15) is 0 Å². The van der Waals surface area contributed by atoms with E-state index >= 15 is 0 Å². The second-order valence-electron chi connectivity index (χ2n) is 19.0. The molecule has 6 rings (SSSR count). The topological polar surface area (TPSA) is 315 Å². The Morgan fingerprint density at radius 2 is 1.59 bits per heavy atom. The highest BCUT2D eigenvalue weighted by Gasteiger charge is 2.39. The molecule has 2 aromatic carbocycles. The number of amides is 7. The number of hydrogen-bond donors (Lipinski definition) is 9. The van der Waals surface area contributed by atoms with Gasteiger partial charge in [0.1, 0.15) is 36.8 Å². The highest BCUT2D eigenvalue weighted by molar-refractivity contribution is 5.95. The number of carbonyl (C=O) groups excluding carboxylic acids is 7. The van der Waals surface area contributed by atoms with Crippen molar-refractivity contribution >= 4 is 63.9 Å². The molecule has 4 aromatic rings. The molecule has 2 aliphatic rings. The summed E-state index contributed by atoms with van der Waals surface area (Å²) in [6.07, 6.45) is 7.48. The van der Waals surface area contributed by atoms with Gasteiger partial charge in [0.25, 0.3) is 5.56 Å². The number of anilines is 1. The largest absolute Gasteiger partial charge is 0.370 e. The molecule has 10 N–H and O–H groups in total. The molecule has 6 atom stereocenters. The maximum atomic E-state index is 14.6. The second kappa shape index (κ2) is 26.2. The van der Waals surface area contributed by atoms with E-state index in [1.54, 1.807) is 17.0 Å². The predicted molar refractivity (Wildman–Crippen MR) is 277 cm³/mol. The van der Waals surface area contributed by atoms with Gasteiger partial charge in [0.05, 0.1) is 23.6 Å². The van der Waals surface area contributed by atoms with Crippen molar-refractivity contribution in [3.8, 4) is 0 Å². The van der Waals surface area contributed by atoms with Crippen molar-refractivity contribution in [2.75, 3.05) is 44.7 Å². The number of likely N-dealkylation sites (N-methyl/N-ethyl adjacent to an activating group) is 1. The van der Waals surface area contributed by atoms with Gasteiger partial charge in [-0.05, 0) is 54.5 Å². The Bertz CT molecular complexity index is 2700. The summed E-state index contributed by atoms with van der Waals surface area (Å²) in [5.41, 5.74) is 8.43. The van der Waals surface area contributed by atoms with Crippen LogP contribution in [-0.2, 0) is 59.5 Å². The number of nitrogens with zero attached hydrogens (tertiary/aromatic N) is 6. The fourth-order valence-electron chi connectivity index (χ4n) is 9.35. The summed E-state index contributed by atoms with van der Waals surface area (Å²) in [5, 5.41) is 24.4. The average Bonchev–Trinajstić information content (AvgIpc) is 3.92. The highest BCUT2D eigenvalue weighted by atomic mass is 16.2. The van der Waals surface area contributed by atoms with Crippen LogP contribution >= 0.6 is 0 Å². The van der Waals surface area contributed by atoms with Crippen molar-refractivity contribution in [3.05, 3.63) is 88.5 Å². The number of unbranched alkanes of at least 4 members (excludes halogenated alkanes) is 1. The van der Waals surface area contributed by atoms with Crippen LogP contribution in [0.25, 0.3) is 10.9 Å². The number of benzene rings is 2. The SMILES string of the molecule is CCCC[C@H](NC(=O)[C@@H](NC(C)=O)[C@@H](C)CC)C(=O)N1CCN(c2ccc3ncn(CC(=O)N[C@@H](CCCNC(=N)N)C(=O)N[C@@H](Cc4cnc[nH]4)C(=O)N4Cc5ccccc5C[C@H]4C(=O)NC)c(=O)c3c2)CC1. The number of carbonyl (C=O) groups is 7. The van der Waals surface area contributed by atoms with Crippen LogP contribution in [0.4, 0.5) is 5.69 Å². The van der Waals surface area contributed by atoms with E-state index in [0.717, 1.165) is 28.5 Å². The van der Waals surface area contributed by atoms with Crippen molar-refractivity contribution in [2.45, 2.75) is 122 Å². The van der Waals surface area contributed by atoms with Crippen molar-refractivity contribution in [1.29, 1.82) is 5.41 Å². The molecule has 0 unspecified atom stereocenters. The lowest BCUT2D eigenvalue weighted by atomic mass is 9.92. The van der Waals surface area contributed by atoms with Gasteiger partial charge in [-0.15, -0.1) is 0 Å².